The van der Waals surface area contributed by atoms with E-state index >= 15 is 0 Å². The highest BCUT2D eigenvalue weighted by atomic mass is 35.5. The number of rotatable bonds is 1. The summed E-state index contributed by atoms with van der Waals surface area (Å²) in [5.74, 6) is -0.155. The van der Waals surface area contributed by atoms with E-state index in [2.05, 4.69) is 5.10 Å². The molecule has 8 heteroatoms. The number of hydrogen-bond donors (Lipinski definition) is 0. The van der Waals surface area contributed by atoms with Crippen molar-refractivity contribution in [3.8, 4) is 0 Å². The van der Waals surface area contributed by atoms with Crippen LogP contribution in [0.15, 0.2) is 0 Å². The summed E-state index contributed by atoms with van der Waals surface area (Å²) < 4.78 is 6.49. The number of aryl methyl sites for hydroxylation is 2. The van der Waals surface area contributed by atoms with Gasteiger partial charge in [0.1, 0.15) is 12.3 Å². The summed E-state index contributed by atoms with van der Waals surface area (Å²) in [7, 11) is 1.70. The first-order chi connectivity index (χ1) is 9.49. The Balaban J connectivity index is 1.80. The molecule has 0 radical (unpaired) electrons. The second-order valence-electron chi connectivity index (χ2n) is 5.05. The largest absolute Gasteiger partial charge is 0.447 e. The number of cyclic esters (lactones) is 1. The molecule has 0 aliphatic carbocycles. The minimum Gasteiger partial charge on any atom is -0.447 e. The first kappa shape index (κ1) is 13.2. The fourth-order valence-electron chi connectivity index (χ4n) is 2.69. The van der Waals surface area contributed by atoms with Crippen molar-refractivity contribution in [2.75, 3.05) is 26.2 Å². The van der Waals surface area contributed by atoms with Crippen LogP contribution in [0.4, 0.5) is 4.79 Å². The summed E-state index contributed by atoms with van der Waals surface area (Å²) in [5, 5.41) is 4.54. The summed E-state index contributed by atoms with van der Waals surface area (Å²) in [5.41, 5.74) is 1.03. The average Bonchev–Trinajstić information content (AvgIpc) is 2.90. The van der Waals surface area contributed by atoms with Crippen molar-refractivity contribution in [3.63, 3.8) is 0 Å². The van der Waals surface area contributed by atoms with Crippen molar-refractivity contribution in [1.29, 1.82) is 0 Å². The highest BCUT2D eigenvalue weighted by Gasteiger charge is 2.39. The van der Waals surface area contributed by atoms with Crippen LogP contribution in [-0.4, -0.2) is 63.9 Å². The predicted molar refractivity (Wildman–Crippen MR) is 70.7 cm³/mol. The Labute approximate surface area is 121 Å². The number of ether oxygens (including phenoxy) is 1. The Bertz CT molecular complexity index is 586. The first-order valence-corrected chi connectivity index (χ1v) is 6.78. The van der Waals surface area contributed by atoms with Gasteiger partial charge < -0.3 is 9.64 Å². The fraction of sp³-hybridized carbons (Fsp3) is 0.583. The maximum atomic E-state index is 12.6. The molecule has 3 heterocycles. The lowest BCUT2D eigenvalue weighted by atomic mass is 10.2. The van der Waals surface area contributed by atoms with E-state index in [0.29, 0.717) is 42.7 Å². The summed E-state index contributed by atoms with van der Waals surface area (Å²) in [6, 6.07) is -0.0618. The van der Waals surface area contributed by atoms with E-state index in [9.17, 15) is 9.59 Å². The number of nitrogens with zero attached hydrogens (tertiary/aromatic N) is 4. The van der Waals surface area contributed by atoms with Gasteiger partial charge in [-0.1, -0.05) is 11.6 Å². The van der Waals surface area contributed by atoms with E-state index in [1.54, 1.807) is 23.8 Å². The second-order valence-corrected chi connectivity index (χ2v) is 5.42. The fourth-order valence-corrected chi connectivity index (χ4v) is 2.93. The Morgan fingerprint density at radius 3 is 2.85 bits per heavy atom. The molecule has 20 heavy (non-hydrogen) atoms. The van der Waals surface area contributed by atoms with E-state index in [0.717, 1.165) is 0 Å². The molecule has 0 aromatic carbocycles. The van der Waals surface area contributed by atoms with Crippen LogP contribution in [0, 0.1) is 6.92 Å². The molecule has 0 saturated carbocycles. The minimum atomic E-state index is -0.295. The van der Waals surface area contributed by atoms with Gasteiger partial charge in [0.2, 0.25) is 0 Å². The Kier molecular flexibility index (Phi) is 3.08. The van der Waals surface area contributed by atoms with E-state index in [-0.39, 0.29) is 18.0 Å². The summed E-state index contributed by atoms with van der Waals surface area (Å²) in [6.45, 7) is 3.53. The quantitative estimate of drug-likeness (QED) is 0.764. The molecule has 1 atom stereocenters. The van der Waals surface area contributed by atoms with Gasteiger partial charge >= 0.3 is 6.09 Å². The van der Waals surface area contributed by atoms with Crippen LogP contribution in [0.1, 0.15) is 16.2 Å². The van der Waals surface area contributed by atoms with E-state index in [4.69, 9.17) is 16.3 Å². The molecular weight excluding hydrogens is 284 g/mol. The number of aromatic nitrogens is 2. The number of amides is 2. The summed E-state index contributed by atoms with van der Waals surface area (Å²) in [6.07, 6.45) is -0.295. The van der Waals surface area contributed by atoms with Crippen molar-refractivity contribution in [3.05, 3.63) is 16.4 Å². The number of carbonyl (C=O) groups excluding carboxylic acids is 2. The highest BCUT2D eigenvalue weighted by molar-refractivity contribution is 6.34. The molecular formula is C12H15ClN4O3. The standard InChI is InChI=1S/C12H15ClN4O3/c1-7-9(13)10(15(2)14-7)11(18)16-3-4-17-8(5-16)6-20-12(17)19/h8H,3-6H2,1-2H3/t8-/m0/s1. The van der Waals surface area contributed by atoms with Gasteiger partial charge in [-0.05, 0) is 6.92 Å². The van der Waals surface area contributed by atoms with Crippen molar-refractivity contribution in [2.45, 2.75) is 13.0 Å². The van der Waals surface area contributed by atoms with Gasteiger partial charge in [-0.3, -0.25) is 14.4 Å². The third-order valence-electron chi connectivity index (χ3n) is 3.76. The molecule has 7 nitrogen and oxygen atoms in total. The van der Waals surface area contributed by atoms with Gasteiger partial charge in [-0.25, -0.2) is 4.79 Å². The van der Waals surface area contributed by atoms with Crippen LogP contribution in [-0.2, 0) is 11.8 Å². The predicted octanol–water partition coefficient (Wildman–Crippen LogP) is 0.659. The number of halogens is 1. The molecule has 1 aromatic rings. The second kappa shape index (κ2) is 4.66. The van der Waals surface area contributed by atoms with Gasteiger partial charge in [0.05, 0.1) is 16.8 Å². The van der Waals surface area contributed by atoms with Gasteiger partial charge in [-0.2, -0.15) is 5.10 Å². The Morgan fingerprint density at radius 2 is 2.20 bits per heavy atom. The highest BCUT2D eigenvalue weighted by Crippen LogP contribution is 2.24. The number of hydrogen-bond acceptors (Lipinski definition) is 4. The molecule has 0 unspecified atom stereocenters. The maximum Gasteiger partial charge on any atom is 0.410 e. The number of carbonyl (C=O) groups is 2. The molecule has 0 spiro atoms. The van der Waals surface area contributed by atoms with Gasteiger partial charge in [-0.15, -0.1) is 0 Å². The van der Waals surface area contributed by atoms with Crippen LogP contribution < -0.4 is 0 Å². The van der Waals surface area contributed by atoms with Crippen LogP contribution >= 0.6 is 11.6 Å². The van der Waals surface area contributed by atoms with E-state index < -0.39 is 0 Å². The zero-order valence-corrected chi connectivity index (χ0v) is 12.1. The van der Waals surface area contributed by atoms with Gasteiger partial charge in [0.25, 0.3) is 5.91 Å². The van der Waals surface area contributed by atoms with Crippen molar-refractivity contribution in [1.82, 2.24) is 19.6 Å². The zero-order valence-electron chi connectivity index (χ0n) is 11.3. The SMILES string of the molecule is Cc1nn(C)c(C(=O)N2CCN3C(=O)OC[C@@H]3C2)c1Cl. The molecule has 3 rings (SSSR count). The Morgan fingerprint density at radius 1 is 1.45 bits per heavy atom. The first-order valence-electron chi connectivity index (χ1n) is 6.41. The van der Waals surface area contributed by atoms with Crippen molar-refractivity contribution in [2.24, 2.45) is 7.05 Å². The molecule has 0 N–H and O–H groups in total. The van der Waals surface area contributed by atoms with Crippen LogP contribution in [0.3, 0.4) is 0 Å². The van der Waals surface area contributed by atoms with Crippen molar-refractivity contribution >= 4 is 23.6 Å². The van der Waals surface area contributed by atoms with E-state index in [1.165, 1.54) is 4.68 Å². The molecule has 2 aliphatic rings. The third kappa shape index (κ3) is 1.93. The lowest BCUT2D eigenvalue weighted by molar-refractivity contribution is 0.0606. The summed E-state index contributed by atoms with van der Waals surface area (Å²) >= 11 is 6.14. The molecule has 0 bridgehead atoms. The average molecular weight is 299 g/mol. The molecule has 2 aliphatic heterocycles. The lowest BCUT2D eigenvalue weighted by Gasteiger charge is -2.35. The van der Waals surface area contributed by atoms with E-state index in [1.807, 2.05) is 0 Å². The molecule has 2 saturated heterocycles. The topological polar surface area (TPSA) is 67.7 Å². The maximum absolute atomic E-state index is 12.6. The Hall–Kier alpha value is -1.76. The number of piperazine rings is 1. The molecule has 2 fully saturated rings. The minimum absolute atomic E-state index is 0.0618. The van der Waals surface area contributed by atoms with Crippen molar-refractivity contribution < 1.29 is 14.3 Å². The zero-order chi connectivity index (χ0) is 14.4. The van der Waals surface area contributed by atoms with Gasteiger partial charge in [0.15, 0.2) is 0 Å². The monoisotopic (exact) mass is 298 g/mol. The normalized spacial score (nSPS) is 21.9. The smallest absolute Gasteiger partial charge is 0.410 e. The number of fused-ring (bicyclic) bond motifs is 1. The molecule has 2 amide bonds. The molecule has 1 aromatic heterocycles. The van der Waals surface area contributed by atoms with Crippen LogP contribution in [0.2, 0.25) is 5.02 Å². The third-order valence-corrected chi connectivity index (χ3v) is 4.21. The van der Waals surface area contributed by atoms with Crippen LogP contribution in [0.5, 0.6) is 0 Å². The lowest BCUT2D eigenvalue weighted by Crippen LogP contribution is -2.54. The molecule has 108 valence electrons. The summed E-state index contributed by atoms with van der Waals surface area (Å²) in [4.78, 5) is 27.4. The van der Waals surface area contributed by atoms with Gasteiger partial charge in [0, 0.05) is 26.7 Å². The van der Waals surface area contributed by atoms with Crippen LogP contribution in [0.25, 0.3) is 0 Å².